The minimum absolute atomic E-state index is 0. The van der Waals surface area contributed by atoms with Crippen LogP contribution >= 0.6 is 24.2 Å². The summed E-state index contributed by atoms with van der Waals surface area (Å²) in [5, 5.41) is 14.6. The average Bonchev–Trinajstić information content (AvgIpc) is 3.60. The Bertz CT molecular complexity index is 1150. The number of hydrogen-bond acceptors (Lipinski definition) is 8. The smallest absolute Gasteiger partial charge is 0.286 e. The van der Waals surface area contributed by atoms with Gasteiger partial charge >= 0.3 is 0 Å². The zero-order valence-electron chi connectivity index (χ0n) is 24.6. The van der Waals surface area contributed by atoms with Gasteiger partial charge in [-0.2, -0.15) is 0 Å². The fraction of sp³-hybridized carbons (Fsp3) is 0.633. The van der Waals surface area contributed by atoms with Gasteiger partial charge in [0.15, 0.2) is 0 Å². The first-order chi connectivity index (χ1) is 19.2. The highest BCUT2D eigenvalue weighted by atomic mass is 35.5. The van der Waals surface area contributed by atoms with Crippen molar-refractivity contribution in [1.29, 1.82) is 0 Å². The molecule has 2 aromatic rings. The molecule has 3 atom stereocenters. The topological polar surface area (TPSA) is 117 Å². The van der Waals surface area contributed by atoms with Gasteiger partial charge in [0.2, 0.25) is 11.7 Å². The Labute approximate surface area is 253 Å². The number of rotatable bonds is 12. The van der Waals surface area contributed by atoms with E-state index in [1.54, 1.807) is 0 Å². The van der Waals surface area contributed by atoms with Crippen LogP contribution in [0.3, 0.4) is 0 Å². The van der Waals surface area contributed by atoms with Crippen LogP contribution in [0, 0.1) is 11.8 Å². The van der Waals surface area contributed by atoms with Crippen molar-refractivity contribution in [3.8, 4) is 0 Å². The van der Waals surface area contributed by atoms with Crippen molar-refractivity contribution >= 4 is 41.8 Å². The Kier molecular flexibility index (Phi) is 12.7. The zero-order chi connectivity index (χ0) is 28.6. The lowest BCUT2D eigenvalue weighted by Gasteiger charge is -2.32. The summed E-state index contributed by atoms with van der Waals surface area (Å²) in [6.45, 7) is 11.2. The first kappa shape index (κ1) is 33.1. The molecular weight excluding hydrogens is 562 g/mol. The van der Waals surface area contributed by atoms with Gasteiger partial charge in [-0.25, -0.2) is 0 Å². The van der Waals surface area contributed by atoms with Crippen molar-refractivity contribution in [1.82, 2.24) is 25.7 Å². The van der Waals surface area contributed by atoms with Crippen molar-refractivity contribution in [3.63, 3.8) is 0 Å². The van der Waals surface area contributed by atoms with Gasteiger partial charge in [0.05, 0.1) is 12.0 Å². The van der Waals surface area contributed by atoms with E-state index in [9.17, 15) is 14.4 Å². The number of Topliss-reactive ketones (excluding diaryl/α,β-unsaturated/α-hetero) is 1. The number of thioether (sulfide) groups is 1. The average molecular weight is 606 g/mol. The quantitative estimate of drug-likeness (QED) is 0.248. The molecule has 1 aliphatic carbocycles. The predicted molar refractivity (Wildman–Crippen MR) is 162 cm³/mol. The third-order valence-corrected chi connectivity index (χ3v) is 8.37. The molecule has 9 nitrogen and oxygen atoms in total. The van der Waals surface area contributed by atoms with Crippen molar-refractivity contribution in [2.24, 2.45) is 11.8 Å². The molecule has 0 spiro atoms. The number of halogens is 1. The third kappa shape index (κ3) is 9.54. The number of carbonyl (C=O) groups is 3. The molecule has 1 saturated carbocycles. The monoisotopic (exact) mass is 605 g/mol. The molecule has 41 heavy (non-hydrogen) atoms. The fourth-order valence-electron chi connectivity index (χ4n) is 5.52. The molecule has 1 aromatic heterocycles. The number of hydrogen-bond donors (Lipinski definition) is 2. The number of ketones is 1. The van der Waals surface area contributed by atoms with Gasteiger partial charge < -0.3 is 15.1 Å². The second-order valence-electron chi connectivity index (χ2n) is 11.7. The van der Waals surface area contributed by atoms with E-state index in [1.165, 1.54) is 30.2 Å². The normalized spacial score (nSPS) is 20.0. The minimum Gasteiger partial charge on any atom is -0.408 e. The van der Waals surface area contributed by atoms with Gasteiger partial charge in [0.1, 0.15) is 0 Å². The first-order valence-corrected chi connectivity index (χ1v) is 15.5. The van der Waals surface area contributed by atoms with Crippen LogP contribution in [0.5, 0.6) is 0 Å². The second kappa shape index (κ2) is 15.7. The molecule has 1 aliphatic heterocycles. The largest absolute Gasteiger partial charge is 0.408 e. The number of amides is 2. The lowest BCUT2D eigenvalue weighted by atomic mass is 9.83. The van der Waals surface area contributed by atoms with E-state index in [-0.39, 0.29) is 53.1 Å². The van der Waals surface area contributed by atoms with Crippen LogP contribution in [0.25, 0.3) is 0 Å². The SMILES string of the molecule is CC(C)C[C@H](NC(=O)[C@@H]1CCCC[C@@H]1NC(=O)c1ccc(CN2CCCC2)cc1)C(=O)c1nnc(SC(C)C)o1.Cl. The number of nitrogens with zero attached hydrogens (tertiary/aromatic N) is 3. The molecular formula is C30H44ClN5O4S. The summed E-state index contributed by atoms with van der Waals surface area (Å²) in [7, 11) is 0. The highest BCUT2D eigenvalue weighted by Crippen LogP contribution is 2.27. The van der Waals surface area contributed by atoms with Gasteiger partial charge in [0, 0.05) is 23.4 Å². The molecule has 11 heteroatoms. The van der Waals surface area contributed by atoms with Crippen molar-refractivity contribution < 1.29 is 18.8 Å². The predicted octanol–water partition coefficient (Wildman–Crippen LogP) is 5.29. The molecule has 2 heterocycles. The molecule has 0 unspecified atom stereocenters. The maximum atomic E-state index is 13.5. The molecule has 226 valence electrons. The van der Waals surface area contributed by atoms with Crippen LogP contribution < -0.4 is 10.6 Å². The summed E-state index contributed by atoms with van der Waals surface area (Å²) in [6.07, 6.45) is 6.17. The minimum atomic E-state index is -0.772. The van der Waals surface area contributed by atoms with E-state index in [2.05, 4.69) is 25.7 Å². The summed E-state index contributed by atoms with van der Waals surface area (Å²) in [4.78, 5) is 42.4. The third-order valence-electron chi connectivity index (χ3n) is 7.53. The summed E-state index contributed by atoms with van der Waals surface area (Å²) >= 11 is 1.39. The number of benzene rings is 1. The molecule has 1 aromatic carbocycles. The van der Waals surface area contributed by atoms with Crippen LogP contribution in [-0.4, -0.2) is 63.1 Å². The number of likely N-dealkylation sites (tertiary alicyclic amines) is 1. The van der Waals surface area contributed by atoms with Crippen molar-refractivity contribution in [2.45, 2.75) is 102 Å². The molecule has 2 N–H and O–H groups in total. The maximum Gasteiger partial charge on any atom is 0.286 e. The summed E-state index contributed by atoms with van der Waals surface area (Å²) < 4.78 is 5.59. The standard InChI is InChI=1S/C30H43N5O4S.ClH/c1-19(2)17-25(26(36)29-33-34-30(39-29)40-20(3)4)32-28(38)23-9-5-6-10-24(23)31-27(37)22-13-11-21(12-14-22)18-35-15-7-8-16-35;/h11-14,19-20,23-25H,5-10,15-18H2,1-4H3,(H,31,37)(H,32,38);1H/t23-,24+,25+;/m1./s1. The second-order valence-corrected chi connectivity index (χ2v) is 13.3. The Morgan fingerprint density at radius 3 is 2.34 bits per heavy atom. The van der Waals surface area contributed by atoms with Crippen LogP contribution in [0.2, 0.25) is 0 Å². The van der Waals surface area contributed by atoms with E-state index in [0.29, 0.717) is 23.6 Å². The first-order valence-electron chi connectivity index (χ1n) is 14.7. The highest BCUT2D eigenvalue weighted by molar-refractivity contribution is 7.99. The molecule has 2 aliphatic rings. The Balaban J connectivity index is 0.00000462. The van der Waals surface area contributed by atoms with Gasteiger partial charge in [-0.1, -0.05) is 64.4 Å². The van der Waals surface area contributed by atoms with Gasteiger partial charge in [-0.15, -0.1) is 22.6 Å². The molecule has 0 bridgehead atoms. The van der Waals surface area contributed by atoms with E-state index in [0.717, 1.165) is 38.9 Å². The van der Waals surface area contributed by atoms with Gasteiger partial charge in [-0.05, 0) is 68.8 Å². The molecule has 4 rings (SSSR count). The van der Waals surface area contributed by atoms with Crippen molar-refractivity contribution in [2.75, 3.05) is 13.1 Å². The molecule has 2 amide bonds. The van der Waals surface area contributed by atoms with E-state index < -0.39 is 12.0 Å². The van der Waals surface area contributed by atoms with Crippen molar-refractivity contribution in [3.05, 3.63) is 41.3 Å². The van der Waals surface area contributed by atoms with Crippen LogP contribution in [-0.2, 0) is 11.3 Å². The molecule has 0 radical (unpaired) electrons. The van der Waals surface area contributed by atoms with E-state index >= 15 is 0 Å². The Hall–Kier alpha value is -2.43. The molecule has 2 fully saturated rings. The van der Waals surface area contributed by atoms with Crippen LogP contribution in [0.1, 0.15) is 99.2 Å². The maximum absolute atomic E-state index is 13.5. The summed E-state index contributed by atoms with van der Waals surface area (Å²) in [6, 6.07) is 6.70. The highest BCUT2D eigenvalue weighted by Gasteiger charge is 2.35. The Morgan fingerprint density at radius 1 is 1.00 bits per heavy atom. The summed E-state index contributed by atoms with van der Waals surface area (Å²) in [5.41, 5.74) is 1.79. The Morgan fingerprint density at radius 2 is 1.68 bits per heavy atom. The number of aromatic nitrogens is 2. The zero-order valence-corrected chi connectivity index (χ0v) is 26.2. The van der Waals surface area contributed by atoms with Gasteiger partial charge in [0.25, 0.3) is 17.0 Å². The molecule has 1 saturated heterocycles. The lowest BCUT2D eigenvalue weighted by molar-refractivity contribution is -0.127. The van der Waals surface area contributed by atoms with Crippen LogP contribution in [0.15, 0.2) is 33.9 Å². The fourth-order valence-corrected chi connectivity index (χ4v) is 6.14. The van der Waals surface area contributed by atoms with Crippen LogP contribution in [0.4, 0.5) is 0 Å². The van der Waals surface area contributed by atoms with E-state index in [1.807, 2.05) is 52.0 Å². The van der Waals surface area contributed by atoms with Gasteiger partial charge in [-0.3, -0.25) is 19.3 Å². The number of carbonyl (C=O) groups excluding carboxylic acids is 3. The summed E-state index contributed by atoms with van der Waals surface area (Å²) in [5.74, 6) is -1.11. The lowest BCUT2D eigenvalue weighted by Crippen LogP contribution is -2.52. The van der Waals surface area contributed by atoms with E-state index in [4.69, 9.17) is 4.42 Å². The number of nitrogens with one attached hydrogen (secondary N) is 2.